The molecule has 1 atom stereocenters. The average Bonchev–Trinajstić information content (AvgIpc) is 2.31. The van der Waals surface area contributed by atoms with Gasteiger partial charge in [0.15, 0.2) is 17.3 Å². The van der Waals surface area contributed by atoms with Gasteiger partial charge in [-0.2, -0.15) is 0 Å². The second-order valence-corrected chi connectivity index (χ2v) is 4.06. The lowest BCUT2D eigenvalue weighted by molar-refractivity contribution is 0.343. The van der Waals surface area contributed by atoms with E-state index in [1.165, 1.54) is 13.2 Å². The number of rotatable bonds is 2. The van der Waals surface area contributed by atoms with E-state index < -0.39 is 5.82 Å². The molecule has 0 radical (unpaired) electrons. The van der Waals surface area contributed by atoms with Crippen molar-refractivity contribution in [3.8, 4) is 11.5 Å². The first-order valence-electron chi connectivity index (χ1n) is 5.50. The molecule has 1 saturated heterocycles. The SMILES string of the molecule is COc1c(F)ccc(C2CCCNC2)c1O. The molecule has 2 rings (SSSR count). The number of ether oxygens (including phenoxy) is 1. The lowest BCUT2D eigenvalue weighted by Crippen LogP contribution is -2.28. The highest BCUT2D eigenvalue weighted by molar-refractivity contribution is 5.48. The van der Waals surface area contributed by atoms with E-state index in [0.29, 0.717) is 0 Å². The molecule has 0 bridgehead atoms. The van der Waals surface area contributed by atoms with Crippen LogP contribution in [-0.2, 0) is 0 Å². The van der Waals surface area contributed by atoms with Crippen molar-refractivity contribution in [2.75, 3.05) is 20.2 Å². The van der Waals surface area contributed by atoms with Crippen LogP contribution in [0.25, 0.3) is 0 Å². The van der Waals surface area contributed by atoms with Crippen LogP contribution in [0.5, 0.6) is 11.5 Å². The molecule has 1 aromatic carbocycles. The number of benzene rings is 1. The van der Waals surface area contributed by atoms with Crippen LogP contribution in [0.15, 0.2) is 12.1 Å². The number of aromatic hydroxyl groups is 1. The first-order valence-corrected chi connectivity index (χ1v) is 5.50. The Morgan fingerprint density at radius 1 is 1.50 bits per heavy atom. The number of hydrogen-bond acceptors (Lipinski definition) is 3. The smallest absolute Gasteiger partial charge is 0.196 e. The summed E-state index contributed by atoms with van der Waals surface area (Å²) >= 11 is 0. The third-order valence-electron chi connectivity index (χ3n) is 3.06. The van der Waals surface area contributed by atoms with E-state index in [4.69, 9.17) is 4.74 Å². The molecule has 0 spiro atoms. The maximum absolute atomic E-state index is 13.3. The minimum absolute atomic E-state index is 0.0527. The predicted octanol–water partition coefficient (Wildman–Crippen LogP) is 2.01. The van der Waals surface area contributed by atoms with Gasteiger partial charge in [-0.25, -0.2) is 4.39 Å². The summed E-state index contributed by atoms with van der Waals surface area (Å²) in [6, 6.07) is 2.99. The van der Waals surface area contributed by atoms with Gasteiger partial charge in [-0.05, 0) is 25.5 Å². The minimum Gasteiger partial charge on any atom is -0.504 e. The Bertz CT molecular complexity index is 376. The molecule has 3 nitrogen and oxygen atoms in total. The molecular formula is C12H16FNO2. The van der Waals surface area contributed by atoms with Gasteiger partial charge in [0.1, 0.15) is 0 Å². The van der Waals surface area contributed by atoms with Gasteiger partial charge in [0.05, 0.1) is 7.11 Å². The van der Waals surface area contributed by atoms with Crippen molar-refractivity contribution in [2.45, 2.75) is 18.8 Å². The first kappa shape index (κ1) is 11.2. The van der Waals surface area contributed by atoms with E-state index in [1.807, 2.05) is 0 Å². The quantitative estimate of drug-likeness (QED) is 0.809. The van der Waals surface area contributed by atoms with Crippen molar-refractivity contribution >= 4 is 0 Å². The molecule has 16 heavy (non-hydrogen) atoms. The fourth-order valence-corrected chi connectivity index (χ4v) is 2.20. The number of halogens is 1. The summed E-state index contributed by atoms with van der Waals surface area (Å²) in [5, 5.41) is 13.2. The average molecular weight is 225 g/mol. The molecule has 1 aromatic rings. The zero-order chi connectivity index (χ0) is 11.5. The van der Waals surface area contributed by atoms with Crippen molar-refractivity contribution in [1.82, 2.24) is 5.32 Å². The highest BCUT2D eigenvalue weighted by atomic mass is 19.1. The Kier molecular flexibility index (Phi) is 3.29. The number of phenols is 1. The fourth-order valence-electron chi connectivity index (χ4n) is 2.20. The Hall–Kier alpha value is -1.29. The van der Waals surface area contributed by atoms with Crippen molar-refractivity contribution in [1.29, 1.82) is 0 Å². The highest BCUT2D eigenvalue weighted by Crippen LogP contribution is 2.38. The molecule has 1 fully saturated rings. The Morgan fingerprint density at radius 2 is 2.31 bits per heavy atom. The third kappa shape index (κ3) is 1.97. The standard InChI is InChI=1S/C12H16FNO2/c1-16-12-10(13)5-4-9(11(12)15)8-3-2-6-14-7-8/h4-5,8,14-15H,2-3,6-7H2,1H3. The molecule has 2 N–H and O–H groups in total. The largest absolute Gasteiger partial charge is 0.504 e. The van der Waals surface area contributed by atoms with Crippen LogP contribution in [0.3, 0.4) is 0 Å². The number of piperidine rings is 1. The Balaban J connectivity index is 2.33. The van der Waals surface area contributed by atoms with E-state index >= 15 is 0 Å². The van der Waals surface area contributed by atoms with E-state index in [1.54, 1.807) is 6.07 Å². The van der Waals surface area contributed by atoms with Crippen LogP contribution < -0.4 is 10.1 Å². The van der Waals surface area contributed by atoms with E-state index in [9.17, 15) is 9.50 Å². The van der Waals surface area contributed by atoms with Gasteiger partial charge in [-0.3, -0.25) is 0 Å². The summed E-state index contributed by atoms with van der Waals surface area (Å²) < 4.78 is 18.2. The number of hydrogen-bond donors (Lipinski definition) is 2. The Morgan fingerprint density at radius 3 is 2.94 bits per heavy atom. The Labute approximate surface area is 94.2 Å². The van der Waals surface area contributed by atoms with Crippen LogP contribution in [0, 0.1) is 5.82 Å². The maximum Gasteiger partial charge on any atom is 0.196 e. The predicted molar refractivity (Wildman–Crippen MR) is 59.5 cm³/mol. The molecule has 0 amide bonds. The van der Waals surface area contributed by atoms with Crippen molar-refractivity contribution < 1.29 is 14.2 Å². The molecule has 0 saturated carbocycles. The summed E-state index contributed by atoms with van der Waals surface area (Å²) in [5.41, 5.74) is 0.769. The van der Waals surface area contributed by atoms with Gasteiger partial charge in [0.2, 0.25) is 0 Å². The van der Waals surface area contributed by atoms with E-state index in [-0.39, 0.29) is 17.4 Å². The lowest BCUT2D eigenvalue weighted by atomic mass is 9.91. The topological polar surface area (TPSA) is 41.5 Å². The van der Waals surface area contributed by atoms with Gasteiger partial charge in [0.25, 0.3) is 0 Å². The highest BCUT2D eigenvalue weighted by Gasteiger charge is 2.22. The van der Waals surface area contributed by atoms with Crippen molar-refractivity contribution in [3.63, 3.8) is 0 Å². The normalized spacial score (nSPS) is 20.8. The third-order valence-corrected chi connectivity index (χ3v) is 3.06. The van der Waals surface area contributed by atoms with Crippen LogP contribution in [0.4, 0.5) is 4.39 Å². The molecular weight excluding hydrogens is 209 g/mol. The number of nitrogens with one attached hydrogen (secondary N) is 1. The lowest BCUT2D eigenvalue weighted by Gasteiger charge is -2.24. The van der Waals surface area contributed by atoms with Gasteiger partial charge in [-0.1, -0.05) is 6.07 Å². The molecule has 1 aliphatic rings. The molecule has 1 heterocycles. The first-order chi connectivity index (χ1) is 7.74. The van der Waals surface area contributed by atoms with Crippen LogP contribution in [-0.4, -0.2) is 25.3 Å². The van der Waals surface area contributed by atoms with Gasteiger partial charge in [0, 0.05) is 18.0 Å². The number of methoxy groups -OCH3 is 1. The van der Waals surface area contributed by atoms with Crippen LogP contribution in [0.2, 0.25) is 0 Å². The molecule has 0 aromatic heterocycles. The summed E-state index contributed by atoms with van der Waals surface area (Å²) in [7, 11) is 1.36. The maximum atomic E-state index is 13.3. The second kappa shape index (κ2) is 4.70. The van der Waals surface area contributed by atoms with Crippen LogP contribution in [0.1, 0.15) is 24.3 Å². The van der Waals surface area contributed by atoms with Gasteiger partial charge in [-0.15, -0.1) is 0 Å². The fraction of sp³-hybridized carbons (Fsp3) is 0.500. The number of phenolic OH excluding ortho intramolecular Hbond substituents is 1. The van der Waals surface area contributed by atoms with Gasteiger partial charge >= 0.3 is 0 Å². The molecule has 1 aliphatic heterocycles. The van der Waals surface area contributed by atoms with Crippen molar-refractivity contribution in [2.24, 2.45) is 0 Å². The minimum atomic E-state index is -0.521. The zero-order valence-corrected chi connectivity index (χ0v) is 9.29. The van der Waals surface area contributed by atoms with Crippen LogP contribution >= 0.6 is 0 Å². The second-order valence-electron chi connectivity index (χ2n) is 4.06. The summed E-state index contributed by atoms with van der Waals surface area (Å²) in [6.45, 7) is 1.83. The summed E-state index contributed by atoms with van der Waals surface area (Å²) in [4.78, 5) is 0. The van der Waals surface area contributed by atoms with E-state index in [2.05, 4.69) is 5.32 Å². The molecule has 0 aliphatic carbocycles. The molecule has 1 unspecified atom stereocenters. The zero-order valence-electron chi connectivity index (χ0n) is 9.29. The van der Waals surface area contributed by atoms with Crippen molar-refractivity contribution in [3.05, 3.63) is 23.5 Å². The van der Waals surface area contributed by atoms with Gasteiger partial charge < -0.3 is 15.2 Å². The molecule has 88 valence electrons. The molecule has 4 heteroatoms. The summed E-state index contributed by atoms with van der Waals surface area (Å²) in [5.74, 6) is -0.393. The monoisotopic (exact) mass is 225 g/mol. The summed E-state index contributed by atoms with van der Waals surface area (Å²) in [6.07, 6.45) is 2.08. The van der Waals surface area contributed by atoms with E-state index in [0.717, 1.165) is 31.5 Å².